The monoisotopic (exact) mass is 344 g/mol. The smallest absolute Gasteiger partial charge is 0.223 e. The number of benzene rings is 1. The van der Waals surface area contributed by atoms with E-state index in [-0.39, 0.29) is 23.6 Å². The van der Waals surface area contributed by atoms with Crippen LogP contribution in [-0.2, 0) is 17.8 Å². The topological polar surface area (TPSA) is 32.3 Å². The van der Waals surface area contributed by atoms with Gasteiger partial charge in [0.05, 0.1) is 0 Å². The van der Waals surface area contributed by atoms with Gasteiger partial charge in [0.1, 0.15) is 5.82 Å². The maximum atomic E-state index is 13.8. The van der Waals surface area contributed by atoms with Gasteiger partial charge in [-0.15, -0.1) is 11.3 Å². The van der Waals surface area contributed by atoms with E-state index in [4.69, 9.17) is 0 Å². The standard InChI is InChI=1S/C19H21FN2OS/c20-17-4-2-1-3-14(17)15-11-16(15)19(23)21-7-9-22-8-5-18-13(12-22)6-10-24-18/h1-4,6,10,15-16H,5,7-9,11-12H2,(H,21,23). The number of hydrogen-bond acceptors (Lipinski definition) is 3. The van der Waals surface area contributed by atoms with E-state index in [0.717, 1.165) is 32.5 Å². The van der Waals surface area contributed by atoms with E-state index in [1.165, 1.54) is 16.5 Å². The Morgan fingerprint density at radius 1 is 1.33 bits per heavy atom. The Hall–Kier alpha value is -1.72. The molecule has 1 N–H and O–H groups in total. The average Bonchev–Trinajstić information content (AvgIpc) is 3.24. The van der Waals surface area contributed by atoms with Crippen molar-refractivity contribution < 1.29 is 9.18 Å². The maximum Gasteiger partial charge on any atom is 0.223 e. The first-order chi connectivity index (χ1) is 11.7. The zero-order valence-electron chi connectivity index (χ0n) is 13.5. The van der Waals surface area contributed by atoms with Crippen LogP contribution >= 0.6 is 11.3 Å². The van der Waals surface area contributed by atoms with Gasteiger partial charge in [0.15, 0.2) is 0 Å². The lowest BCUT2D eigenvalue weighted by Gasteiger charge is -2.26. The number of nitrogens with one attached hydrogen (secondary N) is 1. The van der Waals surface area contributed by atoms with Crippen LogP contribution in [0.2, 0.25) is 0 Å². The Kier molecular flexibility index (Phi) is 4.37. The first kappa shape index (κ1) is 15.8. The normalized spacial score (nSPS) is 22.9. The molecule has 1 aliphatic heterocycles. The van der Waals surface area contributed by atoms with Crippen LogP contribution in [0.1, 0.15) is 28.3 Å². The van der Waals surface area contributed by atoms with Crippen molar-refractivity contribution in [2.75, 3.05) is 19.6 Å². The van der Waals surface area contributed by atoms with Crippen molar-refractivity contribution in [1.82, 2.24) is 10.2 Å². The van der Waals surface area contributed by atoms with Gasteiger partial charge in [0.25, 0.3) is 0 Å². The van der Waals surface area contributed by atoms with Gasteiger partial charge in [0, 0.05) is 37.0 Å². The molecule has 0 saturated heterocycles. The Labute approximate surface area is 145 Å². The van der Waals surface area contributed by atoms with Crippen molar-refractivity contribution in [2.45, 2.75) is 25.3 Å². The molecule has 0 bridgehead atoms. The molecule has 1 amide bonds. The predicted octanol–water partition coefficient (Wildman–Crippen LogP) is 3.17. The molecule has 2 atom stereocenters. The number of rotatable bonds is 5. The third kappa shape index (κ3) is 3.23. The number of carbonyl (C=O) groups excluding carboxylic acids is 1. The molecule has 5 heteroatoms. The number of nitrogens with zero attached hydrogens (tertiary/aromatic N) is 1. The van der Waals surface area contributed by atoms with E-state index < -0.39 is 0 Å². The lowest BCUT2D eigenvalue weighted by atomic mass is 10.1. The van der Waals surface area contributed by atoms with Crippen LogP contribution in [0.4, 0.5) is 4.39 Å². The minimum absolute atomic E-state index is 0.0505. The zero-order chi connectivity index (χ0) is 16.5. The zero-order valence-corrected chi connectivity index (χ0v) is 14.3. The minimum Gasteiger partial charge on any atom is -0.355 e. The summed E-state index contributed by atoms with van der Waals surface area (Å²) in [4.78, 5) is 16.1. The lowest BCUT2D eigenvalue weighted by molar-refractivity contribution is -0.122. The van der Waals surface area contributed by atoms with Crippen molar-refractivity contribution in [1.29, 1.82) is 0 Å². The second-order valence-corrected chi connectivity index (χ2v) is 7.66. The van der Waals surface area contributed by atoms with Gasteiger partial charge in [0.2, 0.25) is 5.91 Å². The van der Waals surface area contributed by atoms with Gasteiger partial charge >= 0.3 is 0 Å². The number of amides is 1. The molecule has 1 aromatic carbocycles. The molecule has 1 aliphatic carbocycles. The van der Waals surface area contributed by atoms with Gasteiger partial charge in [-0.3, -0.25) is 9.69 Å². The molecule has 2 heterocycles. The van der Waals surface area contributed by atoms with Gasteiger partial charge in [-0.05, 0) is 47.4 Å². The molecule has 2 aliphatic rings. The summed E-state index contributed by atoms with van der Waals surface area (Å²) in [5.74, 6) is -0.143. The van der Waals surface area contributed by atoms with Crippen molar-refractivity contribution in [3.05, 3.63) is 57.5 Å². The van der Waals surface area contributed by atoms with Crippen LogP contribution in [0.5, 0.6) is 0 Å². The van der Waals surface area contributed by atoms with E-state index in [9.17, 15) is 9.18 Å². The third-order valence-corrected chi connectivity index (χ3v) is 6.07. The van der Waals surface area contributed by atoms with Crippen molar-refractivity contribution in [2.24, 2.45) is 5.92 Å². The lowest BCUT2D eigenvalue weighted by Crippen LogP contribution is -2.38. The highest BCUT2D eigenvalue weighted by Gasteiger charge is 2.44. The molecule has 1 fully saturated rings. The Morgan fingerprint density at radius 2 is 2.21 bits per heavy atom. The number of carbonyl (C=O) groups is 1. The summed E-state index contributed by atoms with van der Waals surface area (Å²) >= 11 is 1.84. The quantitative estimate of drug-likeness (QED) is 0.904. The molecule has 126 valence electrons. The largest absolute Gasteiger partial charge is 0.355 e. The summed E-state index contributed by atoms with van der Waals surface area (Å²) in [6.07, 6.45) is 1.87. The number of fused-ring (bicyclic) bond motifs is 1. The SMILES string of the molecule is O=C(NCCN1CCc2sccc2C1)C1CC1c1ccccc1F. The molecule has 1 saturated carbocycles. The fraction of sp³-hybridized carbons (Fsp3) is 0.421. The third-order valence-electron chi connectivity index (χ3n) is 5.05. The Balaban J connectivity index is 1.23. The Morgan fingerprint density at radius 3 is 3.08 bits per heavy atom. The molecule has 4 rings (SSSR count). The van der Waals surface area contributed by atoms with Crippen LogP contribution in [0.3, 0.4) is 0 Å². The second kappa shape index (κ2) is 6.65. The van der Waals surface area contributed by atoms with Gasteiger partial charge < -0.3 is 5.32 Å². The number of thiophene rings is 1. The summed E-state index contributed by atoms with van der Waals surface area (Å²) in [5, 5.41) is 5.19. The highest BCUT2D eigenvalue weighted by molar-refractivity contribution is 7.10. The molecule has 0 radical (unpaired) electrons. The fourth-order valence-corrected chi connectivity index (χ4v) is 4.46. The molecule has 2 aromatic rings. The first-order valence-electron chi connectivity index (χ1n) is 8.52. The van der Waals surface area contributed by atoms with Crippen LogP contribution in [-0.4, -0.2) is 30.4 Å². The predicted molar refractivity (Wildman–Crippen MR) is 93.6 cm³/mol. The molecule has 24 heavy (non-hydrogen) atoms. The molecule has 1 aromatic heterocycles. The van der Waals surface area contributed by atoms with E-state index >= 15 is 0 Å². The van der Waals surface area contributed by atoms with Crippen LogP contribution in [0, 0.1) is 11.7 Å². The van der Waals surface area contributed by atoms with E-state index in [1.807, 2.05) is 17.4 Å². The van der Waals surface area contributed by atoms with E-state index in [1.54, 1.807) is 12.1 Å². The highest BCUT2D eigenvalue weighted by atomic mass is 32.1. The molecular weight excluding hydrogens is 323 g/mol. The van der Waals surface area contributed by atoms with E-state index in [0.29, 0.717) is 12.1 Å². The summed E-state index contributed by atoms with van der Waals surface area (Å²) in [6, 6.07) is 8.99. The van der Waals surface area contributed by atoms with Crippen molar-refractivity contribution in [3.8, 4) is 0 Å². The fourth-order valence-electron chi connectivity index (χ4n) is 3.57. The van der Waals surface area contributed by atoms with Gasteiger partial charge in [-0.2, -0.15) is 0 Å². The Bertz CT molecular complexity index is 744. The van der Waals surface area contributed by atoms with Crippen molar-refractivity contribution >= 4 is 17.2 Å². The van der Waals surface area contributed by atoms with Crippen LogP contribution < -0.4 is 5.32 Å². The first-order valence-corrected chi connectivity index (χ1v) is 9.40. The second-order valence-electron chi connectivity index (χ2n) is 6.66. The number of halogens is 1. The summed E-state index contributed by atoms with van der Waals surface area (Å²) in [5.41, 5.74) is 2.11. The average molecular weight is 344 g/mol. The van der Waals surface area contributed by atoms with E-state index in [2.05, 4.69) is 21.7 Å². The summed E-state index contributed by atoms with van der Waals surface area (Å²) in [6.45, 7) is 3.58. The summed E-state index contributed by atoms with van der Waals surface area (Å²) < 4.78 is 13.8. The van der Waals surface area contributed by atoms with Gasteiger partial charge in [-0.25, -0.2) is 4.39 Å². The molecule has 2 unspecified atom stereocenters. The molecule has 0 spiro atoms. The number of hydrogen-bond donors (Lipinski definition) is 1. The van der Waals surface area contributed by atoms with Crippen LogP contribution in [0.25, 0.3) is 0 Å². The minimum atomic E-state index is -0.197. The maximum absolute atomic E-state index is 13.8. The van der Waals surface area contributed by atoms with Crippen molar-refractivity contribution in [3.63, 3.8) is 0 Å². The summed E-state index contributed by atoms with van der Waals surface area (Å²) in [7, 11) is 0. The molecule has 3 nitrogen and oxygen atoms in total. The van der Waals surface area contributed by atoms with Crippen LogP contribution in [0.15, 0.2) is 35.7 Å². The molecular formula is C19H21FN2OS. The van der Waals surface area contributed by atoms with Gasteiger partial charge in [-0.1, -0.05) is 18.2 Å². The highest BCUT2D eigenvalue weighted by Crippen LogP contribution is 2.48.